The minimum atomic E-state index is 0.843. The molecule has 2 rings (SSSR count). The molecule has 0 aromatic carbocycles. The molecule has 0 unspecified atom stereocenters. The Morgan fingerprint density at radius 3 is 3.00 bits per heavy atom. The predicted molar refractivity (Wildman–Crippen MR) is 76.2 cm³/mol. The summed E-state index contributed by atoms with van der Waals surface area (Å²) in [6, 6.07) is 4.29. The molecule has 0 amide bonds. The van der Waals surface area contributed by atoms with Gasteiger partial charge in [0.2, 0.25) is 0 Å². The summed E-state index contributed by atoms with van der Waals surface area (Å²) in [5.41, 5.74) is 1.12. The number of aromatic nitrogens is 1. The zero-order chi connectivity index (χ0) is 12.1. The lowest BCUT2D eigenvalue weighted by molar-refractivity contribution is 0.792. The maximum Gasteiger partial charge on any atom is 0.185 e. The Kier molecular flexibility index (Phi) is 4.53. The third kappa shape index (κ3) is 3.52. The Labute approximate surface area is 110 Å². The molecular formula is C12H17N3S2. The van der Waals surface area contributed by atoms with Gasteiger partial charge in [-0.3, -0.25) is 0 Å². The number of likely N-dealkylation sites (N-methyl/N-ethyl adjacent to an activating group) is 1. The van der Waals surface area contributed by atoms with Gasteiger partial charge in [-0.2, -0.15) is 0 Å². The predicted octanol–water partition coefficient (Wildman–Crippen LogP) is 2.60. The summed E-state index contributed by atoms with van der Waals surface area (Å²) in [5.74, 6) is 0. The van der Waals surface area contributed by atoms with Crippen LogP contribution in [0.3, 0.4) is 0 Å². The molecule has 0 fully saturated rings. The molecule has 2 aromatic rings. The molecule has 5 heteroatoms. The molecule has 0 aliphatic rings. The van der Waals surface area contributed by atoms with E-state index in [1.165, 1.54) is 4.88 Å². The van der Waals surface area contributed by atoms with Gasteiger partial charge in [0.1, 0.15) is 0 Å². The van der Waals surface area contributed by atoms with Crippen LogP contribution in [0.4, 0.5) is 5.13 Å². The largest absolute Gasteiger partial charge is 0.351 e. The number of hydrogen-bond acceptors (Lipinski definition) is 5. The number of nitrogens with one attached hydrogen (secondary N) is 1. The van der Waals surface area contributed by atoms with Crippen molar-refractivity contribution in [2.24, 2.45) is 0 Å². The van der Waals surface area contributed by atoms with Gasteiger partial charge in [0.15, 0.2) is 5.13 Å². The molecule has 2 aromatic heterocycles. The molecular weight excluding hydrogens is 250 g/mol. The van der Waals surface area contributed by atoms with E-state index < -0.39 is 0 Å². The lowest BCUT2D eigenvalue weighted by Gasteiger charge is -2.14. The normalized spacial score (nSPS) is 10.7. The summed E-state index contributed by atoms with van der Waals surface area (Å²) in [4.78, 5) is 8.25. The summed E-state index contributed by atoms with van der Waals surface area (Å²) >= 11 is 3.53. The summed E-state index contributed by atoms with van der Waals surface area (Å²) in [7, 11) is 4.05. The Hall–Kier alpha value is -0.910. The van der Waals surface area contributed by atoms with Crippen molar-refractivity contribution in [1.82, 2.24) is 10.3 Å². The minimum Gasteiger partial charge on any atom is -0.351 e. The van der Waals surface area contributed by atoms with Gasteiger partial charge in [0.25, 0.3) is 0 Å². The van der Waals surface area contributed by atoms with Gasteiger partial charge >= 0.3 is 0 Å². The number of thiophene rings is 1. The first-order valence-corrected chi connectivity index (χ1v) is 7.38. The highest BCUT2D eigenvalue weighted by Gasteiger charge is 2.06. The average molecular weight is 267 g/mol. The van der Waals surface area contributed by atoms with Crippen LogP contribution in [0.1, 0.15) is 10.6 Å². The molecule has 92 valence electrons. The van der Waals surface area contributed by atoms with Crippen LogP contribution < -0.4 is 10.2 Å². The fourth-order valence-corrected chi connectivity index (χ4v) is 3.08. The van der Waals surface area contributed by atoms with Crippen LogP contribution in [0, 0.1) is 0 Å². The van der Waals surface area contributed by atoms with E-state index in [9.17, 15) is 0 Å². The zero-order valence-electron chi connectivity index (χ0n) is 10.1. The van der Waals surface area contributed by atoms with Gasteiger partial charge in [0.05, 0.1) is 5.69 Å². The molecule has 0 aliphatic heterocycles. The molecule has 0 bridgehead atoms. The van der Waals surface area contributed by atoms with Crippen LogP contribution in [-0.2, 0) is 13.0 Å². The highest BCUT2D eigenvalue weighted by Crippen LogP contribution is 2.20. The van der Waals surface area contributed by atoms with Gasteiger partial charge in [-0.1, -0.05) is 6.07 Å². The molecule has 1 N–H and O–H groups in total. The SMILES string of the molecule is CNCc1csc(N(C)CCc2cccs2)n1. The third-order valence-corrected chi connectivity index (χ3v) is 4.44. The Bertz CT molecular complexity index is 436. The molecule has 0 spiro atoms. The highest BCUT2D eigenvalue weighted by molar-refractivity contribution is 7.13. The quantitative estimate of drug-likeness (QED) is 0.872. The van der Waals surface area contributed by atoms with Crippen LogP contribution in [0.2, 0.25) is 0 Å². The first kappa shape index (κ1) is 12.5. The van der Waals surface area contributed by atoms with E-state index in [0.29, 0.717) is 0 Å². The third-order valence-electron chi connectivity index (χ3n) is 2.50. The summed E-state index contributed by atoms with van der Waals surface area (Å²) in [5, 5.41) is 8.47. The highest BCUT2D eigenvalue weighted by atomic mass is 32.1. The number of thiazole rings is 1. The molecule has 0 radical (unpaired) electrons. The van der Waals surface area contributed by atoms with Crippen LogP contribution in [0.25, 0.3) is 0 Å². The Balaban J connectivity index is 1.88. The van der Waals surface area contributed by atoms with Gasteiger partial charge in [-0.15, -0.1) is 22.7 Å². The van der Waals surface area contributed by atoms with E-state index in [0.717, 1.165) is 30.3 Å². The van der Waals surface area contributed by atoms with Crippen molar-refractivity contribution in [1.29, 1.82) is 0 Å². The molecule has 0 saturated heterocycles. The molecule has 0 saturated carbocycles. The van der Waals surface area contributed by atoms with E-state index in [1.807, 2.05) is 18.4 Å². The lowest BCUT2D eigenvalue weighted by Crippen LogP contribution is -2.20. The van der Waals surface area contributed by atoms with Crippen molar-refractivity contribution in [3.05, 3.63) is 33.5 Å². The minimum absolute atomic E-state index is 0.843. The first-order chi connectivity index (χ1) is 8.29. The van der Waals surface area contributed by atoms with E-state index in [-0.39, 0.29) is 0 Å². The monoisotopic (exact) mass is 267 g/mol. The fraction of sp³-hybridized carbons (Fsp3) is 0.417. The fourth-order valence-electron chi connectivity index (χ4n) is 1.56. The number of rotatable bonds is 6. The van der Waals surface area contributed by atoms with Crippen LogP contribution in [0.5, 0.6) is 0 Å². The van der Waals surface area contributed by atoms with Crippen molar-refractivity contribution in [2.45, 2.75) is 13.0 Å². The second-order valence-corrected chi connectivity index (χ2v) is 5.77. The Morgan fingerprint density at radius 2 is 2.29 bits per heavy atom. The van der Waals surface area contributed by atoms with Crippen molar-refractivity contribution >= 4 is 27.8 Å². The first-order valence-electron chi connectivity index (χ1n) is 5.62. The lowest BCUT2D eigenvalue weighted by atomic mass is 10.3. The maximum atomic E-state index is 4.59. The molecule has 17 heavy (non-hydrogen) atoms. The van der Waals surface area contributed by atoms with E-state index in [2.05, 4.69) is 45.1 Å². The topological polar surface area (TPSA) is 28.2 Å². The smallest absolute Gasteiger partial charge is 0.185 e. The van der Waals surface area contributed by atoms with Crippen molar-refractivity contribution in [2.75, 3.05) is 25.5 Å². The summed E-state index contributed by atoms with van der Waals surface area (Å²) in [6.45, 7) is 1.86. The summed E-state index contributed by atoms with van der Waals surface area (Å²) in [6.07, 6.45) is 1.09. The van der Waals surface area contributed by atoms with Crippen molar-refractivity contribution in [3.8, 4) is 0 Å². The van der Waals surface area contributed by atoms with Gasteiger partial charge in [0, 0.05) is 30.4 Å². The number of nitrogens with zero attached hydrogens (tertiary/aromatic N) is 2. The van der Waals surface area contributed by atoms with Crippen LogP contribution in [0.15, 0.2) is 22.9 Å². The van der Waals surface area contributed by atoms with Crippen molar-refractivity contribution < 1.29 is 0 Å². The van der Waals surface area contributed by atoms with Gasteiger partial charge < -0.3 is 10.2 Å². The summed E-state index contributed by atoms with van der Waals surface area (Å²) < 4.78 is 0. The number of anilines is 1. The molecule has 0 atom stereocenters. The molecule has 3 nitrogen and oxygen atoms in total. The number of hydrogen-bond donors (Lipinski definition) is 1. The van der Waals surface area contributed by atoms with Crippen molar-refractivity contribution in [3.63, 3.8) is 0 Å². The second-order valence-electron chi connectivity index (χ2n) is 3.90. The average Bonchev–Trinajstić information content (AvgIpc) is 2.97. The van der Waals surface area contributed by atoms with Crippen LogP contribution >= 0.6 is 22.7 Å². The molecule has 0 aliphatic carbocycles. The van der Waals surface area contributed by atoms with Gasteiger partial charge in [-0.25, -0.2) is 4.98 Å². The van der Waals surface area contributed by atoms with Crippen LogP contribution in [-0.4, -0.2) is 25.6 Å². The van der Waals surface area contributed by atoms with Gasteiger partial charge in [-0.05, 0) is 24.9 Å². The van der Waals surface area contributed by atoms with E-state index in [1.54, 1.807) is 11.3 Å². The van der Waals surface area contributed by atoms with E-state index in [4.69, 9.17) is 0 Å². The second kappa shape index (κ2) is 6.14. The zero-order valence-corrected chi connectivity index (χ0v) is 11.8. The Morgan fingerprint density at radius 1 is 1.41 bits per heavy atom. The standard InChI is InChI=1S/C12H17N3S2/c1-13-8-10-9-17-12(14-10)15(2)6-5-11-4-3-7-16-11/h3-4,7,9,13H,5-6,8H2,1-2H3. The van der Waals surface area contributed by atoms with E-state index >= 15 is 0 Å². The molecule has 2 heterocycles. The maximum absolute atomic E-state index is 4.59.